The lowest BCUT2D eigenvalue weighted by Crippen LogP contribution is -2.23. The minimum Gasteiger partial charge on any atom is -0.356 e. The lowest BCUT2D eigenvalue weighted by molar-refractivity contribution is -0.141. The SMILES string of the molecule is C=C1CC[C@@H]2CN(c3cccc(C(F)(F)F)n3)C[C@H]12. The van der Waals surface area contributed by atoms with Gasteiger partial charge in [0.2, 0.25) is 0 Å². The molecule has 0 amide bonds. The van der Waals surface area contributed by atoms with Gasteiger partial charge in [0, 0.05) is 19.0 Å². The number of fused-ring (bicyclic) bond motifs is 1. The topological polar surface area (TPSA) is 16.1 Å². The van der Waals surface area contributed by atoms with Gasteiger partial charge in [-0.3, -0.25) is 0 Å². The van der Waals surface area contributed by atoms with Crippen LogP contribution in [-0.2, 0) is 6.18 Å². The molecule has 1 aromatic heterocycles. The first-order valence-corrected chi connectivity index (χ1v) is 6.42. The smallest absolute Gasteiger partial charge is 0.356 e. The molecule has 2 nitrogen and oxygen atoms in total. The fourth-order valence-corrected chi connectivity index (χ4v) is 3.13. The molecule has 1 aliphatic heterocycles. The second-order valence-corrected chi connectivity index (χ2v) is 5.35. The van der Waals surface area contributed by atoms with E-state index in [2.05, 4.69) is 11.6 Å². The van der Waals surface area contributed by atoms with E-state index in [9.17, 15) is 13.2 Å². The van der Waals surface area contributed by atoms with Crippen LogP contribution >= 0.6 is 0 Å². The third kappa shape index (κ3) is 2.22. The molecule has 2 heterocycles. The van der Waals surface area contributed by atoms with E-state index in [1.54, 1.807) is 6.07 Å². The number of pyridine rings is 1. The van der Waals surface area contributed by atoms with Crippen LogP contribution in [0.4, 0.5) is 19.0 Å². The Morgan fingerprint density at radius 2 is 2.05 bits per heavy atom. The Morgan fingerprint density at radius 1 is 1.26 bits per heavy atom. The Bertz CT molecular complexity index is 510. The molecule has 1 saturated carbocycles. The van der Waals surface area contributed by atoms with Gasteiger partial charge in [-0.2, -0.15) is 13.2 Å². The summed E-state index contributed by atoms with van der Waals surface area (Å²) in [5, 5.41) is 0. The van der Waals surface area contributed by atoms with E-state index in [1.165, 1.54) is 11.6 Å². The van der Waals surface area contributed by atoms with Crippen molar-refractivity contribution < 1.29 is 13.2 Å². The van der Waals surface area contributed by atoms with Crippen molar-refractivity contribution in [2.75, 3.05) is 18.0 Å². The van der Waals surface area contributed by atoms with Crippen LogP contribution in [0.5, 0.6) is 0 Å². The summed E-state index contributed by atoms with van der Waals surface area (Å²) in [4.78, 5) is 5.70. The van der Waals surface area contributed by atoms with Crippen molar-refractivity contribution in [2.45, 2.75) is 19.0 Å². The first-order chi connectivity index (χ1) is 8.95. The number of nitrogens with zero attached hydrogens (tertiary/aromatic N) is 2. The molecule has 0 unspecified atom stereocenters. The predicted molar refractivity (Wildman–Crippen MR) is 66.8 cm³/mol. The summed E-state index contributed by atoms with van der Waals surface area (Å²) in [6.07, 6.45) is -2.23. The number of halogens is 3. The minimum absolute atomic E-state index is 0.427. The number of rotatable bonds is 1. The zero-order valence-corrected chi connectivity index (χ0v) is 10.5. The Morgan fingerprint density at radius 3 is 2.74 bits per heavy atom. The van der Waals surface area contributed by atoms with Gasteiger partial charge in [0.05, 0.1) is 0 Å². The van der Waals surface area contributed by atoms with Gasteiger partial charge >= 0.3 is 6.18 Å². The normalized spacial score (nSPS) is 26.9. The molecule has 2 fully saturated rings. The van der Waals surface area contributed by atoms with Gasteiger partial charge in [-0.25, -0.2) is 4.98 Å². The van der Waals surface area contributed by atoms with E-state index >= 15 is 0 Å². The van der Waals surface area contributed by atoms with Gasteiger partial charge in [-0.05, 0) is 30.9 Å². The predicted octanol–water partition coefficient (Wildman–Crippen LogP) is 3.50. The van der Waals surface area contributed by atoms with Gasteiger partial charge in [0.1, 0.15) is 11.5 Å². The molecule has 3 rings (SSSR count). The lowest BCUT2D eigenvalue weighted by Gasteiger charge is -2.19. The number of hydrogen-bond acceptors (Lipinski definition) is 2. The monoisotopic (exact) mass is 268 g/mol. The Balaban J connectivity index is 1.83. The summed E-state index contributed by atoms with van der Waals surface area (Å²) >= 11 is 0. The largest absolute Gasteiger partial charge is 0.433 e. The van der Waals surface area contributed by atoms with Crippen LogP contribution in [0.3, 0.4) is 0 Å². The summed E-state index contributed by atoms with van der Waals surface area (Å²) in [6, 6.07) is 4.09. The van der Waals surface area contributed by atoms with Crippen molar-refractivity contribution in [3.8, 4) is 0 Å². The first-order valence-electron chi connectivity index (χ1n) is 6.42. The molecular weight excluding hydrogens is 253 g/mol. The number of alkyl halides is 3. The zero-order valence-electron chi connectivity index (χ0n) is 10.5. The van der Waals surface area contributed by atoms with Gasteiger partial charge in [0.15, 0.2) is 0 Å². The van der Waals surface area contributed by atoms with Crippen molar-refractivity contribution in [1.82, 2.24) is 4.98 Å². The fourth-order valence-electron chi connectivity index (χ4n) is 3.13. The fraction of sp³-hybridized carbons (Fsp3) is 0.500. The van der Waals surface area contributed by atoms with Crippen LogP contribution in [0.1, 0.15) is 18.5 Å². The maximum absolute atomic E-state index is 12.7. The highest BCUT2D eigenvalue weighted by Gasteiger charge is 2.39. The third-order valence-electron chi connectivity index (χ3n) is 4.15. The maximum Gasteiger partial charge on any atom is 0.433 e. The summed E-state index contributed by atoms with van der Waals surface area (Å²) < 4.78 is 38.0. The van der Waals surface area contributed by atoms with Gasteiger partial charge in [0.25, 0.3) is 0 Å². The number of hydrogen-bond donors (Lipinski definition) is 0. The summed E-state index contributed by atoms with van der Waals surface area (Å²) in [5.74, 6) is 1.39. The highest BCUT2D eigenvalue weighted by molar-refractivity contribution is 5.43. The molecule has 1 saturated heterocycles. The van der Waals surface area contributed by atoms with Crippen molar-refractivity contribution in [3.63, 3.8) is 0 Å². The molecule has 19 heavy (non-hydrogen) atoms. The molecular formula is C14H15F3N2. The first kappa shape index (κ1) is 12.5. The second-order valence-electron chi connectivity index (χ2n) is 5.35. The van der Waals surface area contributed by atoms with Gasteiger partial charge < -0.3 is 4.90 Å². The van der Waals surface area contributed by atoms with Gasteiger partial charge in [-0.15, -0.1) is 0 Å². The zero-order chi connectivity index (χ0) is 13.6. The highest BCUT2D eigenvalue weighted by atomic mass is 19.4. The van der Waals surface area contributed by atoms with Crippen molar-refractivity contribution in [1.29, 1.82) is 0 Å². The number of aromatic nitrogens is 1. The Labute approximate surface area is 109 Å². The summed E-state index contributed by atoms with van der Waals surface area (Å²) in [7, 11) is 0. The van der Waals surface area contributed by atoms with E-state index in [-0.39, 0.29) is 0 Å². The Kier molecular flexibility index (Phi) is 2.80. The molecule has 102 valence electrons. The van der Waals surface area contributed by atoms with Crippen molar-refractivity contribution in [2.24, 2.45) is 11.8 Å². The van der Waals surface area contributed by atoms with Crippen LogP contribution in [0.2, 0.25) is 0 Å². The van der Waals surface area contributed by atoms with Crippen LogP contribution in [0.25, 0.3) is 0 Å². The molecule has 1 aliphatic carbocycles. The molecule has 0 N–H and O–H groups in total. The van der Waals surface area contributed by atoms with Crippen molar-refractivity contribution in [3.05, 3.63) is 36.0 Å². The second kappa shape index (κ2) is 4.25. The van der Waals surface area contributed by atoms with Gasteiger partial charge in [-0.1, -0.05) is 18.2 Å². The maximum atomic E-state index is 12.7. The van der Waals surface area contributed by atoms with Crippen molar-refractivity contribution >= 4 is 5.82 Å². The average Bonchev–Trinajstić information content (AvgIpc) is 2.91. The average molecular weight is 268 g/mol. The van der Waals surface area contributed by atoms with E-state index in [0.717, 1.165) is 32.0 Å². The van der Waals surface area contributed by atoms with E-state index in [4.69, 9.17) is 0 Å². The van der Waals surface area contributed by atoms with Crippen LogP contribution < -0.4 is 4.90 Å². The van der Waals surface area contributed by atoms with Crippen LogP contribution in [-0.4, -0.2) is 18.1 Å². The molecule has 0 bridgehead atoms. The van der Waals surface area contributed by atoms with E-state index < -0.39 is 11.9 Å². The quantitative estimate of drug-likeness (QED) is 0.725. The summed E-state index contributed by atoms with van der Waals surface area (Å²) in [5.41, 5.74) is 0.417. The van der Waals surface area contributed by atoms with Crippen LogP contribution in [0, 0.1) is 11.8 Å². The molecule has 2 aliphatic rings. The third-order valence-corrected chi connectivity index (χ3v) is 4.15. The van der Waals surface area contributed by atoms with Crippen LogP contribution in [0.15, 0.2) is 30.4 Å². The lowest BCUT2D eigenvalue weighted by atomic mass is 9.98. The molecule has 0 radical (unpaired) electrons. The standard InChI is InChI=1S/C14H15F3N2/c1-9-5-6-10-7-19(8-11(9)10)13-4-2-3-12(18-13)14(15,16)17/h2-4,10-11H,1,5-8H2/t10-,11-/m1/s1. The minimum atomic E-state index is -4.38. The highest BCUT2D eigenvalue weighted by Crippen LogP contribution is 2.42. The van der Waals surface area contributed by atoms with E-state index in [1.807, 2.05) is 4.90 Å². The summed E-state index contributed by atoms with van der Waals surface area (Å²) in [6.45, 7) is 5.59. The molecule has 5 heteroatoms. The molecule has 0 aromatic carbocycles. The number of anilines is 1. The molecule has 1 aromatic rings. The Hall–Kier alpha value is -1.52. The molecule has 0 spiro atoms. The van der Waals surface area contributed by atoms with E-state index in [0.29, 0.717) is 17.7 Å². The molecule has 2 atom stereocenters.